The molecule has 1 atom stereocenters. The molecule has 0 radical (unpaired) electrons. The predicted molar refractivity (Wildman–Crippen MR) is 66.4 cm³/mol. The summed E-state index contributed by atoms with van der Waals surface area (Å²) in [5, 5.41) is 3.08. The van der Waals surface area contributed by atoms with Gasteiger partial charge in [-0.3, -0.25) is 4.99 Å². The van der Waals surface area contributed by atoms with E-state index in [2.05, 4.69) is 57.2 Å². The van der Waals surface area contributed by atoms with Crippen molar-refractivity contribution in [2.75, 3.05) is 13.1 Å². The van der Waals surface area contributed by atoms with Crippen LogP contribution in [-0.4, -0.2) is 19.0 Å². The van der Waals surface area contributed by atoms with Gasteiger partial charge in [0.25, 0.3) is 0 Å². The Bertz CT molecular complexity index is 362. The highest BCUT2D eigenvalue weighted by atomic mass is 127. The molecule has 3 N–H and O–H groups in total. The molecule has 3 nitrogen and oxygen atoms in total. The van der Waals surface area contributed by atoms with Crippen LogP contribution >= 0.6 is 22.6 Å². The van der Waals surface area contributed by atoms with Crippen LogP contribution in [0.3, 0.4) is 0 Å². The fraction of sp³-hybridized carbons (Fsp3) is 0.300. The SMILES string of the molecule is NC1=NCC(c2ccccc2I)CN1. The molecule has 74 valence electrons. The third-order valence-corrected chi connectivity index (χ3v) is 3.34. The maximum absolute atomic E-state index is 5.55. The number of hydrogen-bond acceptors (Lipinski definition) is 3. The largest absolute Gasteiger partial charge is 0.370 e. The van der Waals surface area contributed by atoms with Gasteiger partial charge in [0.2, 0.25) is 0 Å². The van der Waals surface area contributed by atoms with E-state index in [9.17, 15) is 0 Å². The molecule has 1 aliphatic rings. The second-order valence-corrected chi connectivity index (χ2v) is 4.49. The van der Waals surface area contributed by atoms with Gasteiger partial charge in [0.05, 0.1) is 6.54 Å². The van der Waals surface area contributed by atoms with E-state index in [1.165, 1.54) is 9.13 Å². The van der Waals surface area contributed by atoms with E-state index in [0.29, 0.717) is 11.9 Å². The summed E-state index contributed by atoms with van der Waals surface area (Å²) in [5.74, 6) is 1.02. The lowest BCUT2D eigenvalue weighted by Crippen LogP contribution is -2.39. The molecule has 1 aromatic rings. The Labute approximate surface area is 96.9 Å². The van der Waals surface area contributed by atoms with Gasteiger partial charge in [-0.1, -0.05) is 18.2 Å². The van der Waals surface area contributed by atoms with Crippen molar-refractivity contribution >= 4 is 28.6 Å². The van der Waals surface area contributed by atoms with Crippen molar-refractivity contribution in [2.24, 2.45) is 10.7 Å². The quantitative estimate of drug-likeness (QED) is 0.768. The third-order valence-electron chi connectivity index (χ3n) is 2.36. The van der Waals surface area contributed by atoms with E-state index in [4.69, 9.17) is 5.73 Å². The monoisotopic (exact) mass is 301 g/mol. The zero-order valence-electron chi connectivity index (χ0n) is 7.70. The summed E-state index contributed by atoms with van der Waals surface area (Å²) in [6.07, 6.45) is 0. The maximum Gasteiger partial charge on any atom is 0.188 e. The lowest BCUT2D eigenvalue weighted by molar-refractivity contribution is 0.632. The molecule has 0 saturated heterocycles. The minimum atomic E-state index is 0.454. The highest BCUT2D eigenvalue weighted by Gasteiger charge is 2.17. The molecular formula is C10H12IN3. The minimum Gasteiger partial charge on any atom is -0.370 e. The van der Waals surface area contributed by atoms with Crippen LogP contribution in [0.25, 0.3) is 0 Å². The van der Waals surface area contributed by atoms with Gasteiger partial charge in [-0.2, -0.15) is 0 Å². The molecule has 1 aliphatic heterocycles. The Morgan fingerprint density at radius 1 is 1.43 bits per heavy atom. The molecule has 2 rings (SSSR count). The minimum absolute atomic E-state index is 0.454. The zero-order valence-corrected chi connectivity index (χ0v) is 9.86. The molecule has 1 unspecified atom stereocenters. The van der Waals surface area contributed by atoms with Crippen molar-refractivity contribution < 1.29 is 0 Å². The van der Waals surface area contributed by atoms with Crippen LogP contribution < -0.4 is 11.1 Å². The Kier molecular flexibility index (Phi) is 2.90. The molecular weight excluding hydrogens is 289 g/mol. The van der Waals surface area contributed by atoms with Crippen molar-refractivity contribution in [3.05, 3.63) is 33.4 Å². The summed E-state index contributed by atoms with van der Waals surface area (Å²) in [7, 11) is 0. The van der Waals surface area contributed by atoms with Gasteiger partial charge >= 0.3 is 0 Å². The highest BCUT2D eigenvalue weighted by Crippen LogP contribution is 2.22. The topological polar surface area (TPSA) is 50.4 Å². The fourth-order valence-corrected chi connectivity index (χ4v) is 2.40. The summed E-state index contributed by atoms with van der Waals surface area (Å²) in [6.45, 7) is 1.67. The summed E-state index contributed by atoms with van der Waals surface area (Å²) in [6, 6.07) is 8.40. The number of nitrogens with two attached hydrogens (primary N) is 1. The maximum atomic E-state index is 5.55. The van der Waals surface area contributed by atoms with Crippen LogP contribution in [-0.2, 0) is 0 Å². The molecule has 0 saturated carbocycles. The first-order chi connectivity index (χ1) is 6.77. The number of halogens is 1. The van der Waals surface area contributed by atoms with Gasteiger partial charge in [-0.25, -0.2) is 0 Å². The Hall–Kier alpha value is -0.780. The van der Waals surface area contributed by atoms with Crippen LogP contribution in [0.5, 0.6) is 0 Å². The molecule has 1 heterocycles. The van der Waals surface area contributed by atoms with Gasteiger partial charge in [0, 0.05) is 16.0 Å². The van der Waals surface area contributed by atoms with Crippen LogP contribution in [0, 0.1) is 3.57 Å². The van der Waals surface area contributed by atoms with Crippen molar-refractivity contribution in [3.8, 4) is 0 Å². The highest BCUT2D eigenvalue weighted by molar-refractivity contribution is 14.1. The average Bonchev–Trinajstić information content (AvgIpc) is 2.20. The summed E-state index contributed by atoms with van der Waals surface area (Å²) >= 11 is 2.36. The number of aliphatic imine (C=N–C) groups is 1. The van der Waals surface area contributed by atoms with Gasteiger partial charge in [0.15, 0.2) is 5.96 Å². The van der Waals surface area contributed by atoms with Crippen LogP contribution in [0.2, 0.25) is 0 Å². The van der Waals surface area contributed by atoms with Gasteiger partial charge in [0.1, 0.15) is 0 Å². The second-order valence-electron chi connectivity index (χ2n) is 3.33. The van der Waals surface area contributed by atoms with Gasteiger partial charge < -0.3 is 11.1 Å². The lowest BCUT2D eigenvalue weighted by Gasteiger charge is -2.22. The Balaban J connectivity index is 2.21. The smallest absolute Gasteiger partial charge is 0.188 e. The van der Waals surface area contributed by atoms with Crippen molar-refractivity contribution in [2.45, 2.75) is 5.92 Å². The molecule has 0 spiro atoms. The van der Waals surface area contributed by atoms with Crippen LogP contribution in [0.4, 0.5) is 0 Å². The Morgan fingerprint density at radius 2 is 2.21 bits per heavy atom. The third kappa shape index (κ3) is 2.00. The molecule has 0 amide bonds. The molecule has 14 heavy (non-hydrogen) atoms. The first-order valence-electron chi connectivity index (χ1n) is 4.55. The molecule has 4 heteroatoms. The second kappa shape index (κ2) is 4.16. The number of benzene rings is 1. The van der Waals surface area contributed by atoms with E-state index in [1.54, 1.807) is 0 Å². The van der Waals surface area contributed by atoms with E-state index in [0.717, 1.165) is 13.1 Å². The van der Waals surface area contributed by atoms with Crippen LogP contribution in [0.1, 0.15) is 11.5 Å². The first-order valence-corrected chi connectivity index (χ1v) is 5.63. The predicted octanol–water partition coefficient (Wildman–Crippen LogP) is 1.29. The molecule has 0 bridgehead atoms. The van der Waals surface area contributed by atoms with E-state index >= 15 is 0 Å². The standard InChI is InChI=1S/C10H12IN3/c11-9-4-2-1-3-8(9)7-5-13-10(12)14-6-7/h1-4,7H,5-6H2,(H3,12,13,14). The number of nitrogens with zero attached hydrogens (tertiary/aromatic N) is 1. The van der Waals surface area contributed by atoms with Crippen molar-refractivity contribution in [3.63, 3.8) is 0 Å². The van der Waals surface area contributed by atoms with E-state index in [-0.39, 0.29) is 0 Å². The lowest BCUT2D eigenvalue weighted by atomic mass is 9.98. The number of hydrogen-bond donors (Lipinski definition) is 2. The molecule has 0 aliphatic carbocycles. The van der Waals surface area contributed by atoms with E-state index in [1.807, 2.05) is 0 Å². The summed E-state index contributed by atoms with van der Waals surface area (Å²) in [4.78, 5) is 4.21. The van der Waals surface area contributed by atoms with Crippen LogP contribution in [0.15, 0.2) is 29.3 Å². The molecule has 0 aromatic heterocycles. The normalized spacial score (nSPS) is 21.2. The number of nitrogens with one attached hydrogen (secondary N) is 1. The van der Waals surface area contributed by atoms with Crippen molar-refractivity contribution in [1.29, 1.82) is 0 Å². The summed E-state index contributed by atoms with van der Waals surface area (Å²) < 4.78 is 1.30. The number of guanidine groups is 1. The molecule has 0 fully saturated rings. The zero-order chi connectivity index (χ0) is 9.97. The molecule has 1 aromatic carbocycles. The first kappa shape index (κ1) is 9.76. The number of rotatable bonds is 1. The fourth-order valence-electron chi connectivity index (χ4n) is 1.57. The van der Waals surface area contributed by atoms with Crippen molar-refractivity contribution in [1.82, 2.24) is 5.32 Å². The van der Waals surface area contributed by atoms with Gasteiger partial charge in [-0.15, -0.1) is 0 Å². The summed E-state index contributed by atoms with van der Waals surface area (Å²) in [5.41, 5.74) is 6.91. The average molecular weight is 301 g/mol. The van der Waals surface area contributed by atoms with E-state index < -0.39 is 0 Å². The Morgan fingerprint density at radius 3 is 2.86 bits per heavy atom. The van der Waals surface area contributed by atoms with Gasteiger partial charge in [-0.05, 0) is 34.2 Å².